The molecule has 0 atom stereocenters. The molecule has 0 heterocycles. The average molecular weight is 514 g/mol. The lowest BCUT2D eigenvalue weighted by molar-refractivity contribution is 0.102. The summed E-state index contributed by atoms with van der Waals surface area (Å²) in [6, 6.07) is 15.6. The number of phenolic OH excluding ortho intramolecular Hbond substituents is 1. The van der Waals surface area contributed by atoms with Gasteiger partial charge in [0.25, 0.3) is 5.91 Å². The number of amides is 1. The highest BCUT2D eigenvalue weighted by atomic mass is 35.5. The standard InChI is InChI=1S/C29H33Cl2NO3/c1-7-28(3,4)18-9-11-26(24(13-18)29(5,6)8-2)35-25-12-10-22(33)17-23(25)27(34)32-21-15-19(30)14-20(31)16-21/h9-17,33H,7-8H2,1-6H3,(H,32,34). The third kappa shape index (κ3) is 6.31. The largest absolute Gasteiger partial charge is 0.508 e. The number of carbonyl (C=O) groups is 1. The second-order valence-corrected chi connectivity index (χ2v) is 11.0. The average Bonchev–Trinajstić information content (AvgIpc) is 2.79. The molecule has 3 rings (SSSR count). The van der Waals surface area contributed by atoms with E-state index in [0.717, 1.165) is 18.4 Å². The predicted octanol–water partition coefficient (Wildman–Crippen LogP) is 9.12. The van der Waals surface area contributed by atoms with Crippen molar-refractivity contribution in [1.82, 2.24) is 0 Å². The summed E-state index contributed by atoms with van der Waals surface area (Å²) in [6.07, 6.45) is 1.92. The summed E-state index contributed by atoms with van der Waals surface area (Å²) in [5, 5.41) is 13.7. The summed E-state index contributed by atoms with van der Waals surface area (Å²) in [5.74, 6) is 0.525. The van der Waals surface area contributed by atoms with Crippen LogP contribution in [0.25, 0.3) is 0 Å². The summed E-state index contributed by atoms with van der Waals surface area (Å²) in [4.78, 5) is 13.2. The fourth-order valence-corrected chi connectivity index (χ4v) is 4.22. The summed E-state index contributed by atoms with van der Waals surface area (Å²) >= 11 is 12.1. The van der Waals surface area contributed by atoms with Gasteiger partial charge in [-0.25, -0.2) is 0 Å². The number of carbonyl (C=O) groups excluding carboxylic acids is 1. The Morgan fingerprint density at radius 3 is 2.06 bits per heavy atom. The van der Waals surface area contributed by atoms with Gasteiger partial charge in [-0.05, 0) is 71.7 Å². The van der Waals surface area contributed by atoms with Crippen LogP contribution in [-0.4, -0.2) is 11.0 Å². The Bertz CT molecular complexity index is 1210. The molecule has 0 saturated heterocycles. The highest BCUT2D eigenvalue weighted by Crippen LogP contribution is 2.41. The first kappa shape index (κ1) is 26.9. The molecule has 0 saturated carbocycles. The molecule has 0 bridgehead atoms. The van der Waals surface area contributed by atoms with E-state index < -0.39 is 5.91 Å². The van der Waals surface area contributed by atoms with Gasteiger partial charge in [0.15, 0.2) is 0 Å². The normalized spacial score (nSPS) is 11.9. The van der Waals surface area contributed by atoms with Crippen LogP contribution in [0.15, 0.2) is 54.6 Å². The topological polar surface area (TPSA) is 58.6 Å². The van der Waals surface area contributed by atoms with Gasteiger partial charge in [-0.15, -0.1) is 0 Å². The van der Waals surface area contributed by atoms with E-state index in [-0.39, 0.29) is 22.1 Å². The fourth-order valence-electron chi connectivity index (χ4n) is 3.69. The number of hydrogen-bond donors (Lipinski definition) is 2. The van der Waals surface area contributed by atoms with Crippen LogP contribution >= 0.6 is 23.2 Å². The third-order valence-electron chi connectivity index (χ3n) is 6.81. The van der Waals surface area contributed by atoms with Crippen LogP contribution in [0.2, 0.25) is 10.0 Å². The Hall–Kier alpha value is -2.69. The first-order valence-corrected chi connectivity index (χ1v) is 12.5. The van der Waals surface area contributed by atoms with E-state index in [1.54, 1.807) is 24.3 Å². The SMILES string of the molecule is CCC(C)(C)c1ccc(Oc2ccc(O)cc2C(=O)Nc2cc(Cl)cc(Cl)c2)c(C(C)(C)CC)c1. The van der Waals surface area contributed by atoms with Gasteiger partial charge in [-0.2, -0.15) is 0 Å². The molecule has 35 heavy (non-hydrogen) atoms. The number of nitrogens with one attached hydrogen (secondary N) is 1. The molecule has 3 aromatic carbocycles. The van der Waals surface area contributed by atoms with Gasteiger partial charge in [-0.1, -0.05) is 76.9 Å². The van der Waals surface area contributed by atoms with E-state index in [4.69, 9.17) is 27.9 Å². The Morgan fingerprint density at radius 2 is 1.46 bits per heavy atom. The molecule has 0 aliphatic carbocycles. The Balaban J connectivity index is 2.03. The van der Waals surface area contributed by atoms with Crippen molar-refractivity contribution >= 4 is 34.8 Å². The molecule has 0 aromatic heterocycles. The Morgan fingerprint density at radius 1 is 0.857 bits per heavy atom. The number of hydrogen-bond acceptors (Lipinski definition) is 3. The van der Waals surface area contributed by atoms with Crippen molar-refractivity contribution in [2.24, 2.45) is 0 Å². The maximum atomic E-state index is 13.2. The van der Waals surface area contributed by atoms with Gasteiger partial charge in [-0.3, -0.25) is 4.79 Å². The predicted molar refractivity (Wildman–Crippen MR) is 146 cm³/mol. The minimum Gasteiger partial charge on any atom is -0.508 e. The minimum absolute atomic E-state index is 0.0267. The van der Waals surface area contributed by atoms with E-state index in [1.165, 1.54) is 17.7 Å². The molecule has 0 fully saturated rings. The van der Waals surface area contributed by atoms with Gasteiger partial charge in [0.05, 0.1) is 5.56 Å². The van der Waals surface area contributed by atoms with Crippen molar-refractivity contribution in [3.8, 4) is 17.2 Å². The molecule has 0 spiro atoms. The van der Waals surface area contributed by atoms with Crippen LogP contribution in [0.1, 0.15) is 75.9 Å². The van der Waals surface area contributed by atoms with E-state index in [2.05, 4.69) is 59.0 Å². The van der Waals surface area contributed by atoms with Crippen LogP contribution in [0.5, 0.6) is 17.2 Å². The smallest absolute Gasteiger partial charge is 0.259 e. The monoisotopic (exact) mass is 513 g/mol. The summed E-state index contributed by atoms with van der Waals surface area (Å²) < 4.78 is 6.37. The fraction of sp³-hybridized carbons (Fsp3) is 0.345. The summed E-state index contributed by atoms with van der Waals surface area (Å²) in [5.41, 5.74) is 2.83. The van der Waals surface area contributed by atoms with Gasteiger partial charge >= 0.3 is 0 Å². The third-order valence-corrected chi connectivity index (χ3v) is 7.24. The van der Waals surface area contributed by atoms with E-state index in [0.29, 0.717) is 27.2 Å². The zero-order valence-electron chi connectivity index (χ0n) is 21.1. The summed E-state index contributed by atoms with van der Waals surface area (Å²) in [7, 11) is 0. The number of benzene rings is 3. The lowest BCUT2D eigenvalue weighted by Gasteiger charge is -2.30. The highest BCUT2D eigenvalue weighted by molar-refractivity contribution is 6.35. The zero-order chi connectivity index (χ0) is 26.0. The number of phenols is 1. The molecular formula is C29H33Cl2NO3. The second kappa shape index (κ2) is 10.5. The molecule has 186 valence electrons. The lowest BCUT2D eigenvalue weighted by atomic mass is 9.76. The van der Waals surface area contributed by atoms with Crippen molar-refractivity contribution in [3.05, 3.63) is 81.3 Å². The molecule has 4 nitrogen and oxygen atoms in total. The maximum Gasteiger partial charge on any atom is 0.259 e. The molecule has 3 aromatic rings. The van der Waals surface area contributed by atoms with Crippen LogP contribution in [0, 0.1) is 0 Å². The Kier molecular flexibility index (Phi) is 8.08. The molecule has 0 unspecified atom stereocenters. The van der Waals surface area contributed by atoms with Crippen molar-refractivity contribution in [3.63, 3.8) is 0 Å². The minimum atomic E-state index is -0.450. The number of anilines is 1. The molecule has 0 aliphatic rings. The zero-order valence-corrected chi connectivity index (χ0v) is 22.6. The first-order chi connectivity index (χ1) is 16.4. The van der Waals surface area contributed by atoms with Crippen LogP contribution in [0.3, 0.4) is 0 Å². The number of rotatable bonds is 8. The van der Waals surface area contributed by atoms with Gasteiger partial charge < -0.3 is 15.2 Å². The molecule has 2 N–H and O–H groups in total. The van der Waals surface area contributed by atoms with Gasteiger partial charge in [0, 0.05) is 21.3 Å². The quantitative estimate of drug-likeness (QED) is 0.315. The molecular weight excluding hydrogens is 481 g/mol. The van der Waals surface area contributed by atoms with E-state index in [9.17, 15) is 9.90 Å². The molecule has 0 radical (unpaired) electrons. The summed E-state index contributed by atoms with van der Waals surface area (Å²) in [6.45, 7) is 13.2. The van der Waals surface area contributed by atoms with Crippen LogP contribution in [0.4, 0.5) is 5.69 Å². The van der Waals surface area contributed by atoms with E-state index in [1.807, 2.05) is 6.07 Å². The van der Waals surface area contributed by atoms with Crippen molar-refractivity contribution in [1.29, 1.82) is 0 Å². The van der Waals surface area contributed by atoms with Gasteiger partial charge in [0.2, 0.25) is 0 Å². The first-order valence-electron chi connectivity index (χ1n) is 11.8. The van der Waals surface area contributed by atoms with E-state index >= 15 is 0 Å². The Labute approximate surface area is 218 Å². The number of aromatic hydroxyl groups is 1. The molecule has 6 heteroatoms. The second-order valence-electron chi connectivity index (χ2n) is 10.1. The van der Waals surface area contributed by atoms with Crippen molar-refractivity contribution in [2.45, 2.75) is 65.2 Å². The van der Waals surface area contributed by atoms with Crippen LogP contribution in [-0.2, 0) is 10.8 Å². The number of ether oxygens (including phenoxy) is 1. The van der Waals surface area contributed by atoms with Crippen molar-refractivity contribution < 1.29 is 14.6 Å². The molecule has 1 amide bonds. The maximum absolute atomic E-state index is 13.2. The van der Waals surface area contributed by atoms with Gasteiger partial charge in [0.1, 0.15) is 17.2 Å². The molecule has 0 aliphatic heterocycles. The number of halogens is 2. The highest BCUT2D eigenvalue weighted by Gasteiger charge is 2.27. The lowest BCUT2D eigenvalue weighted by Crippen LogP contribution is -2.21. The van der Waals surface area contributed by atoms with Crippen molar-refractivity contribution in [2.75, 3.05) is 5.32 Å². The van der Waals surface area contributed by atoms with Crippen LogP contribution < -0.4 is 10.1 Å².